The third kappa shape index (κ3) is 4.08. The Morgan fingerprint density at radius 1 is 1.33 bits per heavy atom. The van der Waals surface area contributed by atoms with Crippen LogP contribution in [-0.2, 0) is 26.9 Å². The lowest BCUT2D eigenvalue weighted by atomic mass is 9.84. The highest BCUT2D eigenvalue weighted by atomic mass is 32.2. The first-order chi connectivity index (χ1) is 11.2. The van der Waals surface area contributed by atoms with Crippen molar-refractivity contribution in [3.8, 4) is 5.75 Å². The van der Waals surface area contributed by atoms with E-state index >= 15 is 0 Å². The van der Waals surface area contributed by atoms with Crippen molar-refractivity contribution in [2.45, 2.75) is 52.2 Å². The van der Waals surface area contributed by atoms with E-state index in [2.05, 4.69) is 20.8 Å². The molecule has 1 unspecified atom stereocenters. The van der Waals surface area contributed by atoms with Crippen LogP contribution in [0.3, 0.4) is 0 Å². The van der Waals surface area contributed by atoms with Crippen molar-refractivity contribution in [3.05, 3.63) is 29.3 Å². The second-order valence-electron chi connectivity index (χ2n) is 6.59. The van der Waals surface area contributed by atoms with Gasteiger partial charge in [0.15, 0.2) is 0 Å². The molecular formula is C17H27NO5S. The second kappa shape index (κ2) is 7.39. The maximum atomic E-state index is 11.3. The molecule has 1 N–H and O–H groups in total. The maximum absolute atomic E-state index is 11.3. The van der Waals surface area contributed by atoms with E-state index in [1.807, 2.05) is 18.2 Å². The van der Waals surface area contributed by atoms with Crippen molar-refractivity contribution >= 4 is 10.3 Å². The molecule has 0 spiro atoms. The van der Waals surface area contributed by atoms with Crippen LogP contribution >= 0.6 is 0 Å². The summed E-state index contributed by atoms with van der Waals surface area (Å²) in [5.74, 6) is 0.812. The highest BCUT2D eigenvalue weighted by Gasteiger charge is 2.42. The van der Waals surface area contributed by atoms with Gasteiger partial charge < -0.3 is 9.47 Å². The van der Waals surface area contributed by atoms with Gasteiger partial charge in [0.05, 0.1) is 12.0 Å². The van der Waals surface area contributed by atoms with E-state index in [4.69, 9.17) is 9.47 Å². The average Bonchev–Trinajstić information content (AvgIpc) is 2.75. The molecule has 1 heterocycles. The summed E-state index contributed by atoms with van der Waals surface area (Å²) >= 11 is 0. The van der Waals surface area contributed by atoms with Gasteiger partial charge in [-0.15, -0.1) is 0 Å². The van der Waals surface area contributed by atoms with Gasteiger partial charge in [0, 0.05) is 18.7 Å². The molecule has 1 aromatic rings. The van der Waals surface area contributed by atoms with Gasteiger partial charge in [-0.3, -0.25) is 4.55 Å². The smallest absolute Gasteiger partial charge is 0.335 e. The van der Waals surface area contributed by atoms with Gasteiger partial charge in [-0.1, -0.05) is 26.0 Å². The lowest BCUT2D eigenvalue weighted by Crippen LogP contribution is -2.35. The molecule has 24 heavy (non-hydrogen) atoms. The third-order valence-electron chi connectivity index (χ3n) is 4.36. The quantitative estimate of drug-likeness (QED) is 0.724. The Hall–Kier alpha value is -1.15. The topological polar surface area (TPSA) is 76.1 Å². The first-order valence-corrected chi connectivity index (χ1v) is 9.74. The minimum atomic E-state index is -4.15. The molecule has 0 radical (unpaired) electrons. The summed E-state index contributed by atoms with van der Waals surface area (Å²) in [6, 6.07) is 5.88. The molecule has 2 rings (SSSR count). The van der Waals surface area contributed by atoms with Crippen molar-refractivity contribution < 1.29 is 22.4 Å². The molecule has 136 valence electrons. The Morgan fingerprint density at radius 2 is 2.04 bits per heavy atom. The molecule has 0 aliphatic carbocycles. The van der Waals surface area contributed by atoms with Crippen molar-refractivity contribution in [2.24, 2.45) is 0 Å². The molecule has 1 aromatic carbocycles. The fourth-order valence-electron chi connectivity index (χ4n) is 2.89. The zero-order valence-electron chi connectivity index (χ0n) is 14.8. The summed E-state index contributed by atoms with van der Waals surface area (Å²) < 4.78 is 44.5. The Bertz CT molecular complexity index is 672. The predicted octanol–water partition coefficient (Wildman–Crippen LogP) is 2.78. The molecule has 0 saturated heterocycles. The van der Waals surface area contributed by atoms with Crippen LogP contribution in [0.5, 0.6) is 5.75 Å². The summed E-state index contributed by atoms with van der Waals surface area (Å²) in [6.45, 7) is 9.05. The fraction of sp³-hybridized carbons (Fsp3) is 0.647. The first kappa shape index (κ1) is 19.2. The molecule has 0 saturated carbocycles. The first-order valence-electron chi connectivity index (χ1n) is 8.34. The molecule has 0 amide bonds. The maximum Gasteiger partial charge on any atom is 0.335 e. The molecule has 1 aliphatic rings. The highest BCUT2D eigenvalue weighted by Crippen LogP contribution is 2.43. The Labute approximate surface area is 144 Å². The lowest BCUT2D eigenvalue weighted by Gasteiger charge is -2.25. The monoisotopic (exact) mass is 357 g/mol. The summed E-state index contributed by atoms with van der Waals surface area (Å²) in [5, 5.41) is 0. The van der Waals surface area contributed by atoms with E-state index in [1.54, 1.807) is 6.92 Å². The van der Waals surface area contributed by atoms with Crippen LogP contribution in [0.2, 0.25) is 0 Å². The normalized spacial score (nSPS) is 19.3. The Kier molecular flexibility index (Phi) is 5.91. The number of likely N-dealkylation sites (N-methyl/N-ethyl adjacent to an activating group) is 1. The van der Waals surface area contributed by atoms with Crippen LogP contribution in [0.25, 0.3) is 0 Å². The third-order valence-corrected chi connectivity index (χ3v) is 5.46. The van der Waals surface area contributed by atoms with E-state index in [0.717, 1.165) is 27.6 Å². The molecule has 6 nitrogen and oxygen atoms in total. The van der Waals surface area contributed by atoms with E-state index in [-0.39, 0.29) is 24.8 Å². The highest BCUT2D eigenvalue weighted by molar-refractivity contribution is 7.83. The zero-order chi connectivity index (χ0) is 18.0. The Morgan fingerprint density at radius 3 is 2.62 bits per heavy atom. The average molecular weight is 357 g/mol. The lowest BCUT2D eigenvalue weighted by molar-refractivity contribution is -0.102. The van der Waals surface area contributed by atoms with Gasteiger partial charge in [0.25, 0.3) is 0 Å². The standard InChI is InChI=1S/C17H27NO5S/c1-5-11-22-16-17(3,4)14-12-13(7-8-15(14)23-16)9-10-18(6-2)24(19,20)21/h7-8,12,16H,5-6,9-11H2,1-4H3,(H,19,20,21). The summed E-state index contributed by atoms with van der Waals surface area (Å²) in [6.07, 6.45) is 1.14. The van der Waals surface area contributed by atoms with Gasteiger partial charge in [-0.05, 0) is 38.3 Å². The number of rotatable bonds is 8. The van der Waals surface area contributed by atoms with E-state index in [0.29, 0.717) is 13.0 Å². The Balaban J connectivity index is 2.13. The van der Waals surface area contributed by atoms with E-state index in [9.17, 15) is 13.0 Å². The summed E-state index contributed by atoms with van der Waals surface area (Å²) in [4.78, 5) is 0. The molecule has 1 atom stereocenters. The van der Waals surface area contributed by atoms with Gasteiger partial charge in [0.2, 0.25) is 6.29 Å². The van der Waals surface area contributed by atoms with Crippen LogP contribution < -0.4 is 4.74 Å². The molecule has 0 bridgehead atoms. The number of hydrogen-bond acceptors (Lipinski definition) is 4. The van der Waals surface area contributed by atoms with Gasteiger partial charge >= 0.3 is 10.3 Å². The second-order valence-corrected chi connectivity index (χ2v) is 8.00. The van der Waals surface area contributed by atoms with Crippen LogP contribution in [0, 0.1) is 0 Å². The predicted molar refractivity (Wildman–Crippen MR) is 92.6 cm³/mol. The summed E-state index contributed by atoms with van der Waals surface area (Å²) in [7, 11) is -4.15. The minimum absolute atomic E-state index is 0.241. The van der Waals surface area contributed by atoms with E-state index in [1.165, 1.54) is 0 Å². The largest absolute Gasteiger partial charge is 0.464 e. The fourth-order valence-corrected chi connectivity index (χ4v) is 3.53. The van der Waals surface area contributed by atoms with Crippen LogP contribution in [-0.4, -0.2) is 43.3 Å². The van der Waals surface area contributed by atoms with Crippen LogP contribution in [0.4, 0.5) is 0 Å². The van der Waals surface area contributed by atoms with Gasteiger partial charge in [-0.25, -0.2) is 0 Å². The minimum Gasteiger partial charge on any atom is -0.464 e. The molecule has 0 fully saturated rings. The SMILES string of the molecule is CCCOC1Oc2ccc(CCN(CC)S(=O)(=O)O)cc2C1(C)C. The van der Waals surface area contributed by atoms with E-state index < -0.39 is 10.3 Å². The summed E-state index contributed by atoms with van der Waals surface area (Å²) in [5.41, 5.74) is 1.80. The number of ether oxygens (including phenoxy) is 2. The van der Waals surface area contributed by atoms with Crippen LogP contribution in [0.15, 0.2) is 18.2 Å². The number of fused-ring (bicyclic) bond motifs is 1. The van der Waals surface area contributed by atoms with Crippen molar-refractivity contribution in [1.29, 1.82) is 0 Å². The number of benzene rings is 1. The molecule has 1 aliphatic heterocycles. The van der Waals surface area contributed by atoms with Crippen LogP contribution in [0.1, 0.15) is 45.2 Å². The molecular weight excluding hydrogens is 330 g/mol. The van der Waals surface area contributed by atoms with Crippen molar-refractivity contribution in [1.82, 2.24) is 4.31 Å². The molecule has 0 aromatic heterocycles. The number of nitrogens with zero attached hydrogens (tertiary/aromatic N) is 1. The van der Waals surface area contributed by atoms with Gasteiger partial charge in [0.1, 0.15) is 5.75 Å². The van der Waals surface area contributed by atoms with Gasteiger partial charge in [-0.2, -0.15) is 12.7 Å². The van der Waals surface area contributed by atoms with Crippen molar-refractivity contribution in [3.63, 3.8) is 0 Å². The zero-order valence-corrected chi connectivity index (χ0v) is 15.6. The van der Waals surface area contributed by atoms with Crippen molar-refractivity contribution in [2.75, 3.05) is 19.7 Å². The number of hydrogen-bond donors (Lipinski definition) is 1. The molecule has 7 heteroatoms.